The number of nitro groups is 1. The summed E-state index contributed by atoms with van der Waals surface area (Å²) in [5, 5.41) is 10.6. The summed E-state index contributed by atoms with van der Waals surface area (Å²) in [6.07, 6.45) is 4.35. The van der Waals surface area contributed by atoms with Crippen molar-refractivity contribution in [3.8, 4) is 0 Å². The zero-order valence-corrected chi connectivity index (χ0v) is 8.73. The van der Waals surface area contributed by atoms with Gasteiger partial charge in [-0.05, 0) is 19.3 Å². The first kappa shape index (κ1) is 10.8. The van der Waals surface area contributed by atoms with Gasteiger partial charge in [0.05, 0.1) is 4.92 Å². The molecule has 1 aliphatic rings. The van der Waals surface area contributed by atoms with Crippen LogP contribution in [0.15, 0.2) is 12.3 Å². The van der Waals surface area contributed by atoms with Crippen LogP contribution in [0.25, 0.3) is 0 Å². The van der Waals surface area contributed by atoms with Crippen LogP contribution in [0.5, 0.6) is 0 Å². The SMILES string of the molecule is O=[N+]([O-])c1ccnc(N2CCCCC2)c1F. The van der Waals surface area contributed by atoms with Gasteiger partial charge in [0.1, 0.15) is 0 Å². The zero-order chi connectivity index (χ0) is 11.5. The lowest BCUT2D eigenvalue weighted by atomic mass is 10.1. The summed E-state index contributed by atoms with van der Waals surface area (Å²) in [5.74, 6) is -0.719. The Kier molecular flexibility index (Phi) is 2.98. The summed E-state index contributed by atoms with van der Waals surface area (Å²) < 4.78 is 13.8. The molecule has 1 aromatic rings. The molecular formula is C10H12FN3O2. The van der Waals surface area contributed by atoms with Crippen LogP contribution in [0.2, 0.25) is 0 Å². The molecule has 0 radical (unpaired) electrons. The summed E-state index contributed by atoms with van der Waals surface area (Å²) >= 11 is 0. The van der Waals surface area contributed by atoms with E-state index in [2.05, 4.69) is 4.98 Å². The molecule has 1 aromatic heterocycles. The van der Waals surface area contributed by atoms with Gasteiger partial charge in [-0.1, -0.05) is 0 Å². The van der Waals surface area contributed by atoms with E-state index >= 15 is 0 Å². The molecule has 0 aromatic carbocycles. The topological polar surface area (TPSA) is 59.3 Å². The molecule has 1 saturated heterocycles. The molecule has 16 heavy (non-hydrogen) atoms. The van der Waals surface area contributed by atoms with Crippen molar-refractivity contribution < 1.29 is 9.31 Å². The van der Waals surface area contributed by atoms with E-state index in [1.807, 2.05) is 0 Å². The van der Waals surface area contributed by atoms with Gasteiger partial charge >= 0.3 is 5.69 Å². The fourth-order valence-electron chi connectivity index (χ4n) is 1.89. The Balaban J connectivity index is 2.33. The predicted molar refractivity (Wildman–Crippen MR) is 56.9 cm³/mol. The minimum absolute atomic E-state index is 0.105. The van der Waals surface area contributed by atoms with Crippen LogP contribution in [0, 0.1) is 15.9 Å². The van der Waals surface area contributed by atoms with E-state index in [0.29, 0.717) is 13.1 Å². The van der Waals surface area contributed by atoms with Gasteiger partial charge in [-0.3, -0.25) is 10.1 Å². The van der Waals surface area contributed by atoms with Gasteiger partial charge in [-0.25, -0.2) is 4.98 Å². The molecule has 2 rings (SSSR count). The molecule has 0 aliphatic carbocycles. The standard InChI is InChI=1S/C10H12FN3O2/c11-9-8(14(15)16)4-5-12-10(9)13-6-2-1-3-7-13/h4-5H,1-3,6-7H2. The van der Waals surface area contributed by atoms with Crippen LogP contribution in [0.4, 0.5) is 15.9 Å². The molecular weight excluding hydrogens is 213 g/mol. The highest BCUT2D eigenvalue weighted by Crippen LogP contribution is 2.26. The van der Waals surface area contributed by atoms with Crippen molar-refractivity contribution in [1.29, 1.82) is 0 Å². The summed E-state index contributed by atoms with van der Waals surface area (Å²) in [4.78, 5) is 15.5. The average molecular weight is 225 g/mol. The number of pyridine rings is 1. The quantitative estimate of drug-likeness (QED) is 0.571. The third-order valence-electron chi connectivity index (χ3n) is 2.70. The molecule has 1 fully saturated rings. The third kappa shape index (κ3) is 1.95. The summed E-state index contributed by atoms with van der Waals surface area (Å²) in [7, 11) is 0. The molecule has 6 heteroatoms. The highest BCUT2D eigenvalue weighted by Gasteiger charge is 2.23. The molecule has 5 nitrogen and oxygen atoms in total. The molecule has 0 saturated carbocycles. The normalized spacial score (nSPS) is 16.2. The van der Waals surface area contributed by atoms with Crippen LogP contribution in [-0.2, 0) is 0 Å². The van der Waals surface area contributed by atoms with Crippen LogP contribution >= 0.6 is 0 Å². The Morgan fingerprint density at radius 3 is 2.69 bits per heavy atom. The van der Waals surface area contributed by atoms with E-state index in [1.165, 1.54) is 6.20 Å². The molecule has 0 atom stereocenters. The summed E-state index contributed by atoms with van der Waals surface area (Å²) in [5.41, 5.74) is -0.504. The first-order valence-corrected chi connectivity index (χ1v) is 5.24. The van der Waals surface area contributed by atoms with E-state index in [4.69, 9.17) is 0 Å². The minimum Gasteiger partial charge on any atom is -0.354 e. The Morgan fingerprint density at radius 2 is 2.06 bits per heavy atom. The second kappa shape index (κ2) is 4.42. The fourth-order valence-corrected chi connectivity index (χ4v) is 1.89. The van der Waals surface area contributed by atoms with Crippen LogP contribution in [0.3, 0.4) is 0 Å². The maximum Gasteiger partial charge on any atom is 0.310 e. The van der Waals surface area contributed by atoms with Gasteiger partial charge in [-0.15, -0.1) is 0 Å². The van der Waals surface area contributed by atoms with Crippen molar-refractivity contribution in [1.82, 2.24) is 4.98 Å². The third-order valence-corrected chi connectivity index (χ3v) is 2.70. The van der Waals surface area contributed by atoms with Gasteiger partial charge in [-0.2, -0.15) is 4.39 Å². The maximum atomic E-state index is 13.8. The number of rotatable bonds is 2. The van der Waals surface area contributed by atoms with E-state index in [-0.39, 0.29) is 5.82 Å². The van der Waals surface area contributed by atoms with Crippen molar-refractivity contribution in [3.05, 3.63) is 28.2 Å². The lowest BCUT2D eigenvalue weighted by Gasteiger charge is -2.27. The number of halogens is 1. The molecule has 0 amide bonds. The summed E-state index contributed by atoms with van der Waals surface area (Å²) in [6, 6.07) is 1.09. The molecule has 0 unspecified atom stereocenters. The molecule has 0 N–H and O–H groups in total. The van der Waals surface area contributed by atoms with E-state index < -0.39 is 16.4 Å². The monoisotopic (exact) mass is 225 g/mol. The van der Waals surface area contributed by atoms with Crippen molar-refractivity contribution in [2.75, 3.05) is 18.0 Å². The Hall–Kier alpha value is -1.72. The molecule has 0 spiro atoms. The first-order chi connectivity index (χ1) is 7.70. The highest BCUT2D eigenvalue weighted by atomic mass is 19.1. The van der Waals surface area contributed by atoms with Crippen molar-refractivity contribution in [3.63, 3.8) is 0 Å². The lowest BCUT2D eigenvalue weighted by Crippen LogP contribution is -2.31. The van der Waals surface area contributed by atoms with E-state index in [1.54, 1.807) is 4.90 Å². The van der Waals surface area contributed by atoms with E-state index in [9.17, 15) is 14.5 Å². The maximum absolute atomic E-state index is 13.8. The number of hydrogen-bond donors (Lipinski definition) is 0. The second-order valence-electron chi connectivity index (χ2n) is 3.77. The van der Waals surface area contributed by atoms with Crippen molar-refractivity contribution in [2.24, 2.45) is 0 Å². The molecule has 0 bridgehead atoms. The number of piperidine rings is 1. The van der Waals surface area contributed by atoms with Crippen LogP contribution in [0.1, 0.15) is 19.3 Å². The minimum atomic E-state index is -0.825. The van der Waals surface area contributed by atoms with Gasteiger partial charge in [0.2, 0.25) is 5.82 Å². The van der Waals surface area contributed by atoms with Gasteiger partial charge in [0, 0.05) is 25.4 Å². The highest BCUT2D eigenvalue weighted by molar-refractivity contribution is 5.49. The number of aromatic nitrogens is 1. The largest absolute Gasteiger partial charge is 0.354 e. The number of hydrogen-bond acceptors (Lipinski definition) is 4. The Bertz CT molecular complexity index is 405. The summed E-state index contributed by atoms with van der Waals surface area (Å²) in [6.45, 7) is 1.43. The molecule has 2 heterocycles. The number of nitrogens with zero attached hydrogens (tertiary/aromatic N) is 3. The van der Waals surface area contributed by atoms with Gasteiger partial charge in [0.25, 0.3) is 0 Å². The van der Waals surface area contributed by atoms with Crippen molar-refractivity contribution >= 4 is 11.5 Å². The van der Waals surface area contributed by atoms with Crippen molar-refractivity contribution in [2.45, 2.75) is 19.3 Å². The average Bonchev–Trinajstić information content (AvgIpc) is 2.30. The number of anilines is 1. The Morgan fingerprint density at radius 1 is 1.38 bits per heavy atom. The smallest absolute Gasteiger partial charge is 0.310 e. The van der Waals surface area contributed by atoms with Gasteiger partial charge < -0.3 is 4.90 Å². The van der Waals surface area contributed by atoms with Crippen LogP contribution in [-0.4, -0.2) is 23.0 Å². The van der Waals surface area contributed by atoms with Crippen LogP contribution < -0.4 is 4.90 Å². The zero-order valence-electron chi connectivity index (χ0n) is 8.73. The fraction of sp³-hybridized carbons (Fsp3) is 0.500. The molecule has 86 valence electrons. The second-order valence-corrected chi connectivity index (χ2v) is 3.77. The van der Waals surface area contributed by atoms with Gasteiger partial charge in [0.15, 0.2) is 5.82 Å². The Labute approximate surface area is 92.0 Å². The first-order valence-electron chi connectivity index (χ1n) is 5.24. The lowest BCUT2D eigenvalue weighted by molar-refractivity contribution is -0.387. The van der Waals surface area contributed by atoms with E-state index in [0.717, 1.165) is 25.3 Å². The predicted octanol–water partition coefficient (Wildman–Crippen LogP) is 2.12. The molecule has 1 aliphatic heterocycles.